The second kappa shape index (κ2) is 9.29. The number of alkyl halides is 2. The van der Waals surface area contributed by atoms with Crippen LogP contribution in [-0.4, -0.2) is 51.9 Å². The first kappa shape index (κ1) is 22.5. The molecule has 2 aromatic rings. The zero-order chi connectivity index (χ0) is 23.3. The van der Waals surface area contributed by atoms with E-state index >= 15 is 0 Å². The van der Waals surface area contributed by atoms with E-state index in [1.54, 1.807) is 18.2 Å². The van der Waals surface area contributed by atoms with Crippen molar-refractivity contribution in [2.24, 2.45) is 15.0 Å². The van der Waals surface area contributed by atoms with E-state index in [1.165, 1.54) is 39.5 Å². The maximum Gasteiger partial charge on any atom is 0.482 e. The number of anilines is 3. The van der Waals surface area contributed by atoms with Crippen LogP contribution < -0.4 is 30.2 Å². The molecule has 1 heterocycles. The van der Waals surface area contributed by atoms with E-state index in [9.17, 15) is 13.6 Å². The molecule has 32 heavy (non-hydrogen) atoms. The molecule has 0 fully saturated rings. The van der Waals surface area contributed by atoms with Gasteiger partial charge in [0.25, 0.3) is 0 Å². The van der Waals surface area contributed by atoms with E-state index in [2.05, 4.69) is 42.4 Å². The summed E-state index contributed by atoms with van der Waals surface area (Å²) in [6, 6.07) is 9.30. The quantitative estimate of drug-likeness (QED) is 0.490. The molecule has 0 bridgehead atoms. The summed E-state index contributed by atoms with van der Waals surface area (Å²) in [5.74, 6) is -0.397. The average molecular weight is 446 g/mol. The Bertz CT molecular complexity index is 1100. The highest BCUT2D eigenvalue weighted by Crippen LogP contribution is 2.37. The topological polar surface area (TPSA) is 118 Å². The van der Waals surface area contributed by atoms with Gasteiger partial charge in [-0.25, -0.2) is 4.99 Å². The minimum absolute atomic E-state index is 0.0795. The number of benzene rings is 2. The van der Waals surface area contributed by atoms with Gasteiger partial charge >= 0.3 is 12.0 Å². The van der Waals surface area contributed by atoms with Crippen LogP contribution in [0.1, 0.15) is 0 Å². The molecular weight excluding hydrogens is 426 g/mol. The summed E-state index contributed by atoms with van der Waals surface area (Å²) < 4.78 is 41.6. The summed E-state index contributed by atoms with van der Waals surface area (Å²) in [6.07, 6.45) is -3.93. The Kier molecular flexibility index (Phi) is 6.52. The van der Waals surface area contributed by atoms with Gasteiger partial charge in [0.2, 0.25) is 11.9 Å². The first-order valence-electron chi connectivity index (χ1n) is 9.10. The van der Waals surface area contributed by atoms with Crippen LogP contribution in [0.5, 0.6) is 17.2 Å². The number of nitrogens with one attached hydrogen (secondary N) is 3. The molecule has 12 heteroatoms. The van der Waals surface area contributed by atoms with E-state index in [1.807, 2.05) is 0 Å². The Hall–Kier alpha value is -4.22. The van der Waals surface area contributed by atoms with Gasteiger partial charge < -0.3 is 30.2 Å². The minimum atomic E-state index is -3.93. The predicted molar refractivity (Wildman–Crippen MR) is 118 cm³/mol. The third-order valence-corrected chi connectivity index (χ3v) is 4.20. The van der Waals surface area contributed by atoms with Crippen LogP contribution in [0.4, 0.5) is 25.8 Å². The maximum absolute atomic E-state index is 13.4. The number of hydrogen-bond donors (Lipinski definition) is 3. The molecule has 10 nitrogen and oxygen atoms in total. The highest BCUT2D eigenvalue weighted by Gasteiger charge is 2.46. The number of ether oxygens (including phenoxy) is 3. The number of carbonyl (C=O) groups excluding carboxylic acids is 1. The lowest BCUT2D eigenvalue weighted by molar-refractivity contribution is -0.189. The van der Waals surface area contributed by atoms with Crippen LogP contribution in [-0.2, 0) is 4.79 Å². The van der Waals surface area contributed by atoms with Crippen molar-refractivity contribution < 1.29 is 27.8 Å². The molecule has 3 rings (SSSR count). The highest BCUT2D eigenvalue weighted by molar-refractivity contribution is 6.08. The SMILES string of the molecule is C=NC(=NC(=NC)Nc1ccc2c(c1)NC(=O)C(F)(F)O2)Nc1ccc(OC)c(OC)c1. The second-order valence-electron chi connectivity index (χ2n) is 6.24. The van der Waals surface area contributed by atoms with Crippen molar-refractivity contribution in [1.29, 1.82) is 0 Å². The first-order chi connectivity index (χ1) is 15.3. The number of nitrogens with zero attached hydrogens (tertiary/aromatic N) is 3. The van der Waals surface area contributed by atoms with E-state index in [4.69, 9.17) is 9.47 Å². The summed E-state index contributed by atoms with van der Waals surface area (Å²) in [5.41, 5.74) is 1.10. The molecule has 0 radical (unpaired) electrons. The normalized spacial score (nSPS) is 15.1. The van der Waals surface area contributed by atoms with Gasteiger partial charge in [0, 0.05) is 24.5 Å². The molecule has 1 aliphatic rings. The average Bonchev–Trinajstić information content (AvgIpc) is 2.78. The summed E-state index contributed by atoms with van der Waals surface area (Å²) in [5, 5.41) is 7.97. The zero-order valence-electron chi connectivity index (χ0n) is 17.4. The van der Waals surface area contributed by atoms with E-state index in [0.717, 1.165) is 0 Å². The number of hydrogen-bond acceptors (Lipinski definition) is 5. The minimum Gasteiger partial charge on any atom is -0.493 e. The van der Waals surface area contributed by atoms with Gasteiger partial charge in [-0.05, 0) is 37.0 Å². The smallest absolute Gasteiger partial charge is 0.482 e. The fourth-order valence-corrected chi connectivity index (χ4v) is 2.68. The van der Waals surface area contributed by atoms with Crippen molar-refractivity contribution in [3.8, 4) is 17.2 Å². The van der Waals surface area contributed by atoms with Crippen LogP contribution in [0.2, 0.25) is 0 Å². The van der Waals surface area contributed by atoms with Crippen molar-refractivity contribution in [2.45, 2.75) is 6.11 Å². The van der Waals surface area contributed by atoms with Crippen molar-refractivity contribution in [2.75, 3.05) is 37.2 Å². The van der Waals surface area contributed by atoms with Crippen molar-refractivity contribution in [1.82, 2.24) is 0 Å². The fourth-order valence-electron chi connectivity index (χ4n) is 2.68. The number of aliphatic imine (C=N–C) groups is 3. The fraction of sp³-hybridized carbons (Fsp3) is 0.200. The molecule has 1 aliphatic heterocycles. The molecule has 0 saturated carbocycles. The van der Waals surface area contributed by atoms with E-state index < -0.39 is 12.0 Å². The first-order valence-corrected chi connectivity index (χ1v) is 9.10. The standard InChI is InChI=1S/C20H20F2N6O4/c1-23-18(25-11-5-7-14-13(9-11)27-17(29)20(21,22)32-14)28-19(24-2)26-12-6-8-15(30-3)16(10-12)31-4/h5-10H,2H2,1,3-4H3,(H,27,29)(H2,23,25,26,28). The van der Waals surface area contributed by atoms with Gasteiger partial charge in [-0.3, -0.25) is 9.79 Å². The van der Waals surface area contributed by atoms with Crippen molar-refractivity contribution >= 4 is 41.6 Å². The van der Waals surface area contributed by atoms with E-state index in [-0.39, 0.29) is 23.4 Å². The Morgan fingerprint density at radius 1 is 1.06 bits per heavy atom. The summed E-state index contributed by atoms with van der Waals surface area (Å²) >= 11 is 0. The lowest BCUT2D eigenvalue weighted by Gasteiger charge is -2.25. The van der Waals surface area contributed by atoms with Crippen molar-refractivity contribution in [3.63, 3.8) is 0 Å². The number of rotatable bonds is 4. The molecule has 0 atom stereocenters. The monoisotopic (exact) mass is 446 g/mol. The molecule has 0 spiro atoms. The van der Waals surface area contributed by atoms with Gasteiger partial charge in [-0.15, -0.1) is 0 Å². The molecular formula is C20H20F2N6O4. The molecule has 3 N–H and O–H groups in total. The van der Waals surface area contributed by atoms with Crippen LogP contribution in [0, 0.1) is 0 Å². The number of methoxy groups -OCH3 is 2. The molecule has 0 aliphatic carbocycles. The van der Waals surface area contributed by atoms with Gasteiger partial charge in [0.05, 0.1) is 19.9 Å². The third kappa shape index (κ3) is 4.91. The van der Waals surface area contributed by atoms with Crippen LogP contribution in [0.15, 0.2) is 51.4 Å². The highest BCUT2D eigenvalue weighted by atomic mass is 19.3. The Morgan fingerprint density at radius 3 is 2.38 bits per heavy atom. The summed E-state index contributed by atoms with van der Waals surface area (Å²) in [7, 11) is 4.54. The number of amides is 1. The van der Waals surface area contributed by atoms with Gasteiger partial charge in [0.15, 0.2) is 17.2 Å². The molecule has 2 aromatic carbocycles. The number of fused-ring (bicyclic) bond motifs is 1. The Morgan fingerprint density at radius 2 is 1.72 bits per heavy atom. The summed E-state index contributed by atoms with van der Waals surface area (Å²) in [6.45, 7) is 3.49. The summed E-state index contributed by atoms with van der Waals surface area (Å²) in [4.78, 5) is 23.5. The van der Waals surface area contributed by atoms with Crippen LogP contribution in [0.25, 0.3) is 0 Å². The molecule has 0 saturated heterocycles. The van der Waals surface area contributed by atoms with E-state index in [0.29, 0.717) is 22.9 Å². The lowest BCUT2D eigenvalue weighted by atomic mass is 10.2. The molecule has 168 valence electrons. The second-order valence-corrected chi connectivity index (χ2v) is 6.24. The zero-order valence-corrected chi connectivity index (χ0v) is 17.4. The van der Waals surface area contributed by atoms with Crippen molar-refractivity contribution in [3.05, 3.63) is 36.4 Å². The third-order valence-electron chi connectivity index (χ3n) is 4.20. The maximum atomic E-state index is 13.4. The Balaban J connectivity index is 1.77. The molecule has 0 aromatic heterocycles. The van der Waals surface area contributed by atoms with Gasteiger partial charge in [0.1, 0.15) is 0 Å². The lowest BCUT2D eigenvalue weighted by Crippen LogP contribution is -2.43. The van der Waals surface area contributed by atoms with Gasteiger partial charge in [-0.2, -0.15) is 13.8 Å². The van der Waals surface area contributed by atoms with Gasteiger partial charge in [-0.1, -0.05) is 0 Å². The number of carbonyl (C=O) groups is 1. The van der Waals surface area contributed by atoms with Crippen LogP contribution in [0.3, 0.4) is 0 Å². The number of guanidine groups is 2. The Labute approximate surface area is 182 Å². The largest absolute Gasteiger partial charge is 0.493 e. The molecule has 0 unspecified atom stereocenters. The molecule has 1 amide bonds. The number of halogens is 2. The van der Waals surface area contributed by atoms with Crippen LogP contribution >= 0.6 is 0 Å². The predicted octanol–water partition coefficient (Wildman–Crippen LogP) is 3.19.